The third kappa shape index (κ3) is 4.12. The molecule has 2 heterocycles. The minimum absolute atomic E-state index is 0.0667. The molecule has 2 N–H and O–H groups in total. The average molecular weight is 379 g/mol. The maximum atomic E-state index is 11.5. The smallest absolute Gasteiger partial charge is 0.217 e. The fraction of sp³-hybridized carbons (Fsp3) is 0.118. The van der Waals surface area contributed by atoms with Gasteiger partial charge in [0.1, 0.15) is 12.4 Å². The Labute approximate surface area is 150 Å². The molecule has 0 radical (unpaired) electrons. The molecule has 0 aliphatic carbocycles. The summed E-state index contributed by atoms with van der Waals surface area (Å²) in [6, 6.07) is 10.0. The van der Waals surface area contributed by atoms with Gasteiger partial charge in [-0.15, -0.1) is 0 Å². The van der Waals surface area contributed by atoms with Gasteiger partial charge in [-0.1, -0.05) is 23.7 Å². The Kier molecular flexibility index (Phi) is 4.69. The summed E-state index contributed by atoms with van der Waals surface area (Å²) in [5, 5.41) is 10.8. The van der Waals surface area contributed by atoms with Gasteiger partial charge in [-0.05, 0) is 23.8 Å². The van der Waals surface area contributed by atoms with Crippen LogP contribution in [0.4, 0.5) is 0 Å². The van der Waals surface area contributed by atoms with Crippen molar-refractivity contribution < 1.29 is 18.3 Å². The maximum Gasteiger partial charge on any atom is 0.217 e. The van der Waals surface area contributed by atoms with Crippen LogP contribution in [0.15, 0.2) is 53.7 Å². The molecule has 0 aliphatic rings. The summed E-state index contributed by atoms with van der Waals surface area (Å²) < 4.78 is 28.6. The highest BCUT2D eigenvalue weighted by molar-refractivity contribution is 7.90. The fourth-order valence-corrected chi connectivity index (χ4v) is 2.93. The van der Waals surface area contributed by atoms with E-state index in [0.717, 1.165) is 11.8 Å². The number of H-pyrrole nitrogens is 1. The van der Waals surface area contributed by atoms with Crippen molar-refractivity contribution in [3.05, 3.63) is 59.4 Å². The van der Waals surface area contributed by atoms with Crippen LogP contribution in [0.25, 0.3) is 11.3 Å². The molecule has 3 rings (SSSR count). The lowest BCUT2D eigenvalue weighted by Crippen LogP contribution is -1.97. The van der Waals surface area contributed by atoms with E-state index < -0.39 is 9.84 Å². The van der Waals surface area contributed by atoms with Gasteiger partial charge in [-0.2, -0.15) is 0 Å². The summed E-state index contributed by atoms with van der Waals surface area (Å²) in [7, 11) is -3.32. The quantitative estimate of drug-likeness (QED) is 0.709. The predicted molar refractivity (Wildman–Crippen MR) is 94.6 cm³/mol. The molecular weight excluding hydrogens is 364 g/mol. The van der Waals surface area contributed by atoms with Gasteiger partial charge >= 0.3 is 0 Å². The highest BCUT2D eigenvalue weighted by Crippen LogP contribution is 2.31. The second-order valence-electron chi connectivity index (χ2n) is 5.48. The Morgan fingerprint density at radius 3 is 2.56 bits per heavy atom. The minimum Gasteiger partial charge on any atom is -0.507 e. The SMILES string of the molecule is CS(=O)(=O)c1c[nH]c(-c2cnc(OCc3ccc(Cl)cc3)cc2O)c1. The molecule has 0 unspecified atom stereocenters. The van der Waals surface area contributed by atoms with Crippen LogP contribution in [-0.2, 0) is 16.4 Å². The van der Waals surface area contributed by atoms with E-state index in [0.29, 0.717) is 16.3 Å². The van der Waals surface area contributed by atoms with Crippen LogP contribution in [0.5, 0.6) is 11.6 Å². The number of pyridine rings is 1. The molecule has 0 spiro atoms. The number of aromatic amines is 1. The first-order chi connectivity index (χ1) is 11.8. The van der Waals surface area contributed by atoms with Gasteiger partial charge in [0.05, 0.1) is 16.2 Å². The molecule has 0 bridgehead atoms. The first kappa shape index (κ1) is 17.3. The number of nitrogens with one attached hydrogen (secondary N) is 1. The second kappa shape index (κ2) is 6.78. The monoisotopic (exact) mass is 378 g/mol. The van der Waals surface area contributed by atoms with Gasteiger partial charge < -0.3 is 14.8 Å². The van der Waals surface area contributed by atoms with Gasteiger partial charge in [0.25, 0.3) is 0 Å². The number of nitrogens with zero attached hydrogens (tertiary/aromatic N) is 1. The molecular formula is C17H15ClN2O4S. The summed E-state index contributed by atoms with van der Waals surface area (Å²) in [4.78, 5) is 7.11. The van der Waals surface area contributed by atoms with Crippen LogP contribution in [0.3, 0.4) is 0 Å². The molecule has 0 saturated carbocycles. The highest BCUT2D eigenvalue weighted by atomic mass is 35.5. The van der Waals surface area contributed by atoms with E-state index in [1.807, 2.05) is 12.1 Å². The van der Waals surface area contributed by atoms with Crippen molar-refractivity contribution in [2.24, 2.45) is 0 Å². The molecule has 0 atom stereocenters. The highest BCUT2D eigenvalue weighted by Gasteiger charge is 2.14. The molecule has 8 heteroatoms. The number of benzene rings is 1. The van der Waals surface area contributed by atoms with Gasteiger partial charge in [-0.3, -0.25) is 0 Å². The summed E-state index contributed by atoms with van der Waals surface area (Å²) in [6.07, 6.45) is 3.91. The summed E-state index contributed by atoms with van der Waals surface area (Å²) in [6.45, 7) is 0.281. The minimum atomic E-state index is -3.32. The van der Waals surface area contributed by atoms with E-state index in [2.05, 4.69) is 9.97 Å². The first-order valence-corrected chi connectivity index (χ1v) is 9.55. The summed E-state index contributed by atoms with van der Waals surface area (Å²) in [5.41, 5.74) is 1.75. The van der Waals surface area contributed by atoms with Crippen LogP contribution in [-0.4, -0.2) is 29.7 Å². The number of aromatic hydroxyl groups is 1. The topological polar surface area (TPSA) is 92.3 Å². The second-order valence-corrected chi connectivity index (χ2v) is 7.93. The molecule has 0 saturated heterocycles. The number of rotatable bonds is 5. The normalized spacial score (nSPS) is 11.4. The lowest BCUT2D eigenvalue weighted by molar-refractivity contribution is 0.292. The zero-order valence-corrected chi connectivity index (χ0v) is 14.8. The molecule has 0 amide bonds. The zero-order chi connectivity index (χ0) is 18.0. The standard InChI is InChI=1S/C17H15ClN2O4S/c1-25(22,23)13-6-15(19-8-13)14-9-20-17(7-16(14)21)24-10-11-2-4-12(18)5-3-11/h2-9,19H,10H2,1H3,(H,20,21). The van der Waals surface area contributed by atoms with Crippen LogP contribution < -0.4 is 4.74 Å². The van der Waals surface area contributed by atoms with Crippen molar-refractivity contribution >= 4 is 21.4 Å². The van der Waals surface area contributed by atoms with Gasteiger partial charge in [0.15, 0.2) is 9.84 Å². The van der Waals surface area contributed by atoms with E-state index in [9.17, 15) is 13.5 Å². The Balaban J connectivity index is 1.76. The Morgan fingerprint density at radius 2 is 1.96 bits per heavy atom. The van der Waals surface area contributed by atoms with Crippen molar-refractivity contribution in [2.75, 3.05) is 6.26 Å². The van der Waals surface area contributed by atoms with Gasteiger partial charge in [0, 0.05) is 29.7 Å². The molecule has 1 aromatic carbocycles. The molecule has 0 fully saturated rings. The third-order valence-corrected chi connectivity index (χ3v) is 4.88. The number of sulfone groups is 1. The number of halogens is 1. The Morgan fingerprint density at radius 1 is 1.24 bits per heavy atom. The molecule has 0 aliphatic heterocycles. The van der Waals surface area contributed by atoms with Crippen molar-refractivity contribution in [1.82, 2.24) is 9.97 Å². The molecule has 2 aromatic heterocycles. The average Bonchev–Trinajstić information content (AvgIpc) is 3.04. The van der Waals surface area contributed by atoms with Gasteiger partial charge in [-0.25, -0.2) is 13.4 Å². The Bertz CT molecular complexity index is 998. The lowest BCUT2D eigenvalue weighted by Gasteiger charge is -2.08. The molecule has 130 valence electrons. The van der Waals surface area contributed by atoms with Crippen molar-refractivity contribution in [2.45, 2.75) is 11.5 Å². The summed E-state index contributed by atoms with van der Waals surface area (Å²) in [5.74, 6) is 0.189. The maximum absolute atomic E-state index is 11.5. The lowest BCUT2D eigenvalue weighted by atomic mass is 10.2. The van der Waals surface area contributed by atoms with Gasteiger partial charge in [0.2, 0.25) is 5.88 Å². The van der Waals surface area contributed by atoms with E-state index in [1.165, 1.54) is 24.5 Å². The number of hydrogen-bond donors (Lipinski definition) is 2. The number of hydrogen-bond acceptors (Lipinski definition) is 5. The Hall–Kier alpha value is -2.51. The van der Waals surface area contributed by atoms with Crippen LogP contribution in [0.1, 0.15) is 5.56 Å². The number of aromatic nitrogens is 2. The van der Waals surface area contributed by atoms with E-state index in [4.69, 9.17) is 16.3 Å². The largest absolute Gasteiger partial charge is 0.507 e. The van der Waals surface area contributed by atoms with E-state index >= 15 is 0 Å². The first-order valence-electron chi connectivity index (χ1n) is 7.28. The third-order valence-electron chi connectivity index (χ3n) is 3.53. The van der Waals surface area contributed by atoms with Crippen LogP contribution >= 0.6 is 11.6 Å². The van der Waals surface area contributed by atoms with E-state index in [1.54, 1.807) is 12.1 Å². The fourth-order valence-electron chi connectivity index (χ4n) is 2.19. The van der Waals surface area contributed by atoms with Crippen LogP contribution in [0.2, 0.25) is 5.02 Å². The molecule has 6 nitrogen and oxygen atoms in total. The van der Waals surface area contributed by atoms with Crippen molar-refractivity contribution in [3.8, 4) is 22.9 Å². The molecule has 3 aromatic rings. The summed E-state index contributed by atoms with van der Waals surface area (Å²) >= 11 is 5.83. The van der Waals surface area contributed by atoms with Crippen LogP contribution in [0, 0.1) is 0 Å². The molecule has 25 heavy (non-hydrogen) atoms. The van der Waals surface area contributed by atoms with E-state index in [-0.39, 0.29) is 23.1 Å². The van der Waals surface area contributed by atoms with Crippen molar-refractivity contribution in [3.63, 3.8) is 0 Å². The van der Waals surface area contributed by atoms with Crippen molar-refractivity contribution in [1.29, 1.82) is 0 Å². The number of ether oxygens (including phenoxy) is 1. The zero-order valence-electron chi connectivity index (χ0n) is 13.2. The predicted octanol–water partition coefficient (Wildman–Crippen LogP) is 3.42.